The maximum atomic E-state index is 12.9. The second-order valence-electron chi connectivity index (χ2n) is 6.90. The molecule has 27 heavy (non-hydrogen) atoms. The van der Waals surface area contributed by atoms with Gasteiger partial charge in [0.25, 0.3) is 5.91 Å². The van der Waals surface area contributed by atoms with E-state index in [1.165, 1.54) is 0 Å². The average molecular weight is 389 g/mol. The Hall–Kier alpha value is -2.38. The number of hydrogen-bond donors (Lipinski definition) is 1. The van der Waals surface area contributed by atoms with Gasteiger partial charge in [-0.2, -0.15) is 0 Å². The van der Waals surface area contributed by atoms with Crippen molar-refractivity contribution in [2.24, 2.45) is 0 Å². The predicted octanol–water partition coefficient (Wildman–Crippen LogP) is 2.03. The number of carbonyl (C=O) groups excluding carboxylic acids is 2. The van der Waals surface area contributed by atoms with Crippen LogP contribution < -0.4 is 5.32 Å². The minimum absolute atomic E-state index is 0.0663. The van der Waals surface area contributed by atoms with Gasteiger partial charge in [-0.3, -0.25) is 9.59 Å². The average Bonchev–Trinajstić information content (AvgIpc) is 3.18. The van der Waals surface area contributed by atoms with Crippen molar-refractivity contribution < 1.29 is 14.1 Å². The Morgan fingerprint density at radius 3 is 3.00 bits per heavy atom. The topological polar surface area (TPSA) is 78.7 Å². The van der Waals surface area contributed by atoms with Crippen LogP contribution in [0.2, 0.25) is 5.02 Å². The lowest BCUT2D eigenvalue weighted by Crippen LogP contribution is -2.57. The maximum Gasteiger partial charge on any atom is 0.276 e. The van der Waals surface area contributed by atoms with Crippen LogP contribution in [-0.2, 0) is 4.79 Å². The van der Waals surface area contributed by atoms with Gasteiger partial charge in [-0.25, -0.2) is 0 Å². The number of amides is 2. The van der Waals surface area contributed by atoms with E-state index in [-0.39, 0.29) is 23.6 Å². The van der Waals surface area contributed by atoms with Crippen molar-refractivity contribution >= 4 is 23.4 Å². The van der Waals surface area contributed by atoms with E-state index in [1.54, 1.807) is 23.1 Å². The van der Waals surface area contributed by atoms with Crippen molar-refractivity contribution in [2.75, 3.05) is 32.7 Å². The Labute approximate surface area is 162 Å². The van der Waals surface area contributed by atoms with Gasteiger partial charge in [0.2, 0.25) is 5.91 Å². The van der Waals surface area contributed by atoms with Gasteiger partial charge < -0.3 is 19.6 Å². The molecule has 0 bridgehead atoms. The van der Waals surface area contributed by atoms with Gasteiger partial charge in [0, 0.05) is 48.9 Å². The minimum atomic E-state index is -0.167. The number of nitrogens with zero attached hydrogens (tertiary/aromatic N) is 3. The van der Waals surface area contributed by atoms with E-state index >= 15 is 0 Å². The molecular weight excluding hydrogens is 368 g/mol. The quantitative estimate of drug-likeness (QED) is 0.870. The van der Waals surface area contributed by atoms with Crippen LogP contribution in [0.25, 0.3) is 11.3 Å². The molecule has 1 atom stereocenters. The summed E-state index contributed by atoms with van der Waals surface area (Å²) in [4.78, 5) is 28.7. The van der Waals surface area contributed by atoms with Crippen LogP contribution in [0.15, 0.2) is 34.9 Å². The van der Waals surface area contributed by atoms with E-state index in [1.807, 2.05) is 17.0 Å². The molecule has 142 valence electrons. The Balaban J connectivity index is 1.47. The highest BCUT2D eigenvalue weighted by molar-refractivity contribution is 6.30. The molecule has 3 heterocycles. The standard InChI is InChI=1S/C19H21ClN4O3/c20-14-4-1-3-13(9-14)17-10-16(22-27-17)19(26)23-7-2-5-15(12-23)24-8-6-21-11-18(24)25/h1,3-4,9-10,15,21H,2,5-8,11-12H2. The molecule has 8 heteroatoms. The summed E-state index contributed by atoms with van der Waals surface area (Å²) >= 11 is 6.01. The summed E-state index contributed by atoms with van der Waals surface area (Å²) in [5, 5.41) is 7.63. The van der Waals surface area contributed by atoms with E-state index in [0.29, 0.717) is 37.0 Å². The Bertz CT molecular complexity index is 853. The third-order valence-electron chi connectivity index (χ3n) is 5.09. The molecule has 2 amide bonds. The van der Waals surface area contributed by atoms with E-state index < -0.39 is 0 Å². The smallest absolute Gasteiger partial charge is 0.276 e. The SMILES string of the molecule is O=C(c1cc(-c2cccc(Cl)c2)on1)N1CCCC(N2CCNCC2=O)C1. The molecule has 2 fully saturated rings. The summed E-state index contributed by atoms with van der Waals surface area (Å²) in [6.45, 7) is 3.05. The van der Waals surface area contributed by atoms with Crippen molar-refractivity contribution in [1.29, 1.82) is 0 Å². The number of carbonyl (C=O) groups is 2. The number of piperazine rings is 1. The Kier molecular flexibility index (Phi) is 5.13. The van der Waals surface area contributed by atoms with E-state index in [2.05, 4.69) is 10.5 Å². The fourth-order valence-corrected chi connectivity index (χ4v) is 3.91. The second kappa shape index (κ2) is 7.70. The van der Waals surface area contributed by atoms with Crippen LogP contribution in [0.1, 0.15) is 23.3 Å². The van der Waals surface area contributed by atoms with Gasteiger partial charge in [0.1, 0.15) is 0 Å². The molecule has 0 aliphatic carbocycles. The molecule has 2 aromatic rings. The zero-order valence-electron chi connectivity index (χ0n) is 14.9. The number of rotatable bonds is 3. The summed E-state index contributed by atoms with van der Waals surface area (Å²) in [6.07, 6.45) is 1.79. The zero-order chi connectivity index (χ0) is 18.8. The van der Waals surface area contributed by atoms with Gasteiger partial charge in [0.15, 0.2) is 11.5 Å². The van der Waals surface area contributed by atoms with E-state index in [4.69, 9.17) is 16.1 Å². The third kappa shape index (κ3) is 3.84. The van der Waals surface area contributed by atoms with Gasteiger partial charge in [-0.15, -0.1) is 0 Å². The molecule has 2 saturated heterocycles. The molecule has 1 aromatic heterocycles. The van der Waals surface area contributed by atoms with E-state index in [0.717, 1.165) is 24.9 Å². The molecule has 7 nitrogen and oxygen atoms in total. The summed E-state index contributed by atoms with van der Waals surface area (Å²) in [5.41, 5.74) is 1.05. The Morgan fingerprint density at radius 2 is 2.19 bits per heavy atom. The molecule has 4 rings (SSSR count). The van der Waals surface area contributed by atoms with Gasteiger partial charge in [0.05, 0.1) is 6.54 Å². The highest BCUT2D eigenvalue weighted by Crippen LogP contribution is 2.25. The number of benzene rings is 1. The number of halogens is 1. The van der Waals surface area contributed by atoms with Crippen LogP contribution in [0.4, 0.5) is 0 Å². The first-order valence-electron chi connectivity index (χ1n) is 9.14. The molecule has 1 N–H and O–H groups in total. The minimum Gasteiger partial charge on any atom is -0.355 e. The van der Waals surface area contributed by atoms with Crippen LogP contribution in [0.5, 0.6) is 0 Å². The van der Waals surface area contributed by atoms with Crippen LogP contribution in [-0.4, -0.2) is 65.5 Å². The van der Waals surface area contributed by atoms with Crippen LogP contribution in [0.3, 0.4) is 0 Å². The highest BCUT2D eigenvalue weighted by atomic mass is 35.5. The van der Waals surface area contributed by atoms with Crippen molar-refractivity contribution in [2.45, 2.75) is 18.9 Å². The van der Waals surface area contributed by atoms with Crippen LogP contribution >= 0.6 is 11.6 Å². The lowest BCUT2D eigenvalue weighted by molar-refractivity contribution is -0.135. The molecule has 0 saturated carbocycles. The fourth-order valence-electron chi connectivity index (χ4n) is 3.72. The molecular formula is C19H21ClN4O3. The predicted molar refractivity (Wildman–Crippen MR) is 100 cm³/mol. The number of piperidine rings is 1. The summed E-state index contributed by atoms with van der Waals surface area (Å²) < 4.78 is 5.35. The largest absolute Gasteiger partial charge is 0.355 e. The maximum absolute atomic E-state index is 12.9. The monoisotopic (exact) mass is 388 g/mol. The molecule has 1 aromatic carbocycles. The van der Waals surface area contributed by atoms with Gasteiger partial charge >= 0.3 is 0 Å². The van der Waals surface area contributed by atoms with Crippen molar-refractivity contribution in [3.8, 4) is 11.3 Å². The summed E-state index contributed by atoms with van der Waals surface area (Å²) in [6, 6.07) is 8.93. The first-order valence-corrected chi connectivity index (χ1v) is 9.52. The third-order valence-corrected chi connectivity index (χ3v) is 5.32. The number of aromatic nitrogens is 1. The zero-order valence-corrected chi connectivity index (χ0v) is 15.6. The van der Waals surface area contributed by atoms with E-state index in [9.17, 15) is 9.59 Å². The summed E-state index contributed by atoms with van der Waals surface area (Å²) in [5.74, 6) is 0.441. The lowest BCUT2D eigenvalue weighted by Gasteiger charge is -2.40. The molecule has 0 spiro atoms. The number of likely N-dealkylation sites (tertiary alicyclic amines) is 1. The highest BCUT2D eigenvalue weighted by Gasteiger charge is 2.32. The first-order chi connectivity index (χ1) is 13.1. The molecule has 0 radical (unpaired) electrons. The van der Waals surface area contributed by atoms with Crippen molar-refractivity contribution in [3.05, 3.63) is 41.0 Å². The molecule has 1 unspecified atom stereocenters. The normalized spacial score (nSPS) is 20.8. The van der Waals surface area contributed by atoms with Crippen molar-refractivity contribution in [1.82, 2.24) is 20.3 Å². The molecule has 2 aliphatic rings. The fraction of sp³-hybridized carbons (Fsp3) is 0.421. The summed E-state index contributed by atoms with van der Waals surface area (Å²) in [7, 11) is 0. The second-order valence-corrected chi connectivity index (χ2v) is 7.33. The van der Waals surface area contributed by atoms with Gasteiger partial charge in [-0.05, 0) is 25.0 Å². The van der Waals surface area contributed by atoms with Gasteiger partial charge in [-0.1, -0.05) is 28.9 Å². The first kappa shape index (κ1) is 18.0. The lowest BCUT2D eigenvalue weighted by atomic mass is 10.0. The Morgan fingerprint density at radius 1 is 1.30 bits per heavy atom. The van der Waals surface area contributed by atoms with Crippen LogP contribution in [0, 0.1) is 0 Å². The van der Waals surface area contributed by atoms with Crippen molar-refractivity contribution in [3.63, 3.8) is 0 Å². The molecule has 2 aliphatic heterocycles. The number of nitrogens with one attached hydrogen (secondary N) is 1. The number of hydrogen-bond acceptors (Lipinski definition) is 5.